The van der Waals surface area contributed by atoms with E-state index in [1.165, 1.54) is 6.08 Å². The zero-order chi connectivity index (χ0) is 22.4. The number of hydrogen-bond acceptors (Lipinski definition) is 3. The molecule has 0 aliphatic rings. The van der Waals surface area contributed by atoms with E-state index in [0.717, 1.165) is 16.7 Å². The molecule has 0 saturated heterocycles. The number of benzene rings is 3. The Morgan fingerprint density at radius 1 is 1.06 bits per heavy atom. The number of amides is 1. The van der Waals surface area contributed by atoms with Crippen molar-refractivity contribution in [3.63, 3.8) is 0 Å². The van der Waals surface area contributed by atoms with Gasteiger partial charge in [0, 0.05) is 10.6 Å². The number of carbonyl (C=O) groups is 1. The standard InChI is InChI=1S/C25H20Cl2N2O2/c1-16-9-17(2)11-18(10-16)15-31-24-8-7-21(26)13-19(24)12-20(14-28)25(30)29-23-6-4-3-5-22(23)27/h3-13H,15H2,1-2H3,(H,29,30)/b20-12+. The van der Waals surface area contributed by atoms with Gasteiger partial charge in [-0.25, -0.2) is 0 Å². The molecule has 3 rings (SSSR count). The Morgan fingerprint density at radius 2 is 1.77 bits per heavy atom. The van der Waals surface area contributed by atoms with Gasteiger partial charge in [0.1, 0.15) is 24.0 Å². The second kappa shape index (κ2) is 10.2. The first-order valence-corrected chi connectivity index (χ1v) is 10.3. The highest BCUT2D eigenvalue weighted by molar-refractivity contribution is 6.34. The highest BCUT2D eigenvalue weighted by atomic mass is 35.5. The summed E-state index contributed by atoms with van der Waals surface area (Å²) in [7, 11) is 0. The molecule has 0 bridgehead atoms. The topological polar surface area (TPSA) is 62.1 Å². The summed E-state index contributed by atoms with van der Waals surface area (Å²) in [6, 6.07) is 20.0. The number of halogens is 2. The quantitative estimate of drug-likeness (QED) is 0.334. The van der Waals surface area contributed by atoms with Crippen molar-refractivity contribution < 1.29 is 9.53 Å². The Bertz CT molecular complexity index is 1180. The van der Waals surface area contributed by atoms with Gasteiger partial charge in [0.25, 0.3) is 5.91 Å². The van der Waals surface area contributed by atoms with Gasteiger partial charge >= 0.3 is 0 Å². The van der Waals surface area contributed by atoms with Crippen molar-refractivity contribution in [3.05, 3.63) is 98.5 Å². The Balaban J connectivity index is 1.85. The van der Waals surface area contributed by atoms with Crippen molar-refractivity contribution in [3.8, 4) is 11.8 Å². The Morgan fingerprint density at radius 3 is 2.45 bits per heavy atom. The number of anilines is 1. The van der Waals surface area contributed by atoms with Gasteiger partial charge in [-0.2, -0.15) is 5.26 Å². The van der Waals surface area contributed by atoms with E-state index in [4.69, 9.17) is 27.9 Å². The molecule has 6 heteroatoms. The average Bonchev–Trinajstić information content (AvgIpc) is 2.72. The third-order valence-corrected chi connectivity index (χ3v) is 5.00. The first kappa shape index (κ1) is 22.4. The molecule has 0 saturated carbocycles. The van der Waals surface area contributed by atoms with Crippen LogP contribution in [0.15, 0.2) is 66.2 Å². The third-order valence-electron chi connectivity index (χ3n) is 4.43. The third kappa shape index (κ3) is 6.11. The van der Waals surface area contributed by atoms with Gasteiger partial charge in [0.05, 0.1) is 10.7 Å². The minimum Gasteiger partial charge on any atom is -0.488 e. The molecule has 0 fully saturated rings. The van der Waals surface area contributed by atoms with Crippen molar-refractivity contribution in [1.29, 1.82) is 5.26 Å². The summed E-state index contributed by atoms with van der Waals surface area (Å²) < 4.78 is 5.99. The Kier molecular flexibility index (Phi) is 7.36. The number of aryl methyl sites for hydroxylation is 2. The second-order valence-corrected chi connectivity index (χ2v) is 7.91. The Hall–Kier alpha value is -3.26. The molecule has 0 atom stereocenters. The molecule has 0 aliphatic carbocycles. The number of nitrogens with one attached hydrogen (secondary N) is 1. The average molecular weight is 451 g/mol. The fourth-order valence-electron chi connectivity index (χ4n) is 3.13. The predicted octanol–water partition coefficient (Wildman–Crippen LogP) is 6.73. The molecule has 0 spiro atoms. The molecule has 0 unspecified atom stereocenters. The normalized spacial score (nSPS) is 11.0. The molecule has 3 aromatic carbocycles. The van der Waals surface area contributed by atoms with E-state index in [1.807, 2.05) is 19.9 Å². The smallest absolute Gasteiger partial charge is 0.266 e. The molecule has 0 aliphatic heterocycles. The van der Waals surface area contributed by atoms with Crippen molar-refractivity contribution in [2.45, 2.75) is 20.5 Å². The first-order chi connectivity index (χ1) is 14.9. The highest BCUT2D eigenvalue weighted by Gasteiger charge is 2.13. The van der Waals surface area contributed by atoms with Crippen LogP contribution in [0.4, 0.5) is 5.69 Å². The molecule has 31 heavy (non-hydrogen) atoms. The summed E-state index contributed by atoms with van der Waals surface area (Å²) in [4.78, 5) is 12.6. The first-order valence-electron chi connectivity index (χ1n) is 9.53. The molecule has 0 aromatic heterocycles. The van der Waals surface area contributed by atoms with Gasteiger partial charge in [0.15, 0.2) is 0 Å². The van der Waals surface area contributed by atoms with Gasteiger partial charge in [-0.3, -0.25) is 4.79 Å². The molecule has 1 amide bonds. The summed E-state index contributed by atoms with van der Waals surface area (Å²) in [5, 5.41) is 13.0. The highest BCUT2D eigenvalue weighted by Crippen LogP contribution is 2.27. The van der Waals surface area contributed by atoms with Gasteiger partial charge in [-0.15, -0.1) is 0 Å². The molecule has 3 aromatic rings. The van der Waals surface area contributed by atoms with Crippen LogP contribution >= 0.6 is 23.2 Å². The molecular weight excluding hydrogens is 431 g/mol. The van der Waals surface area contributed by atoms with Crippen LogP contribution in [-0.4, -0.2) is 5.91 Å². The number of carbonyl (C=O) groups excluding carboxylic acids is 1. The van der Waals surface area contributed by atoms with Crippen LogP contribution in [0, 0.1) is 25.2 Å². The molecule has 0 heterocycles. The van der Waals surface area contributed by atoms with Crippen molar-refractivity contribution in [2.24, 2.45) is 0 Å². The lowest BCUT2D eigenvalue weighted by molar-refractivity contribution is -0.112. The van der Waals surface area contributed by atoms with Crippen LogP contribution in [-0.2, 0) is 11.4 Å². The van der Waals surface area contributed by atoms with E-state index in [1.54, 1.807) is 42.5 Å². The number of nitriles is 1. The van der Waals surface area contributed by atoms with E-state index < -0.39 is 5.91 Å². The van der Waals surface area contributed by atoms with Crippen molar-refractivity contribution >= 4 is 40.9 Å². The summed E-state index contributed by atoms with van der Waals surface area (Å²) in [5.74, 6) is -0.0577. The lowest BCUT2D eigenvalue weighted by Crippen LogP contribution is -2.13. The molecular formula is C25H20Cl2N2O2. The number of nitrogens with zero attached hydrogens (tertiary/aromatic N) is 1. The molecule has 0 radical (unpaired) electrons. The van der Waals surface area contributed by atoms with Gasteiger partial charge in [-0.05, 0) is 55.8 Å². The van der Waals surface area contributed by atoms with Crippen LogP contribution in [0.3, 0.4) is 0 Å². The maximum Gasteiger partial charge on any atom is 0.266 e. The molecule has 4 nitrogen and oxygen atoms in total. The van der Waals surface area contributed by atoms with Crippen molar-refractivity contribution in [1.82, 2.24) is 0 Å². The maximum atomic E-state index is 12.6. The number of ether oxygens (including phenoxy) is 1. The Labute approximate surface area is 191 Å². The van der Waals surface area contributed by atoms with Crippen LogP contribution in [0.25, 0.3) is 6.08 Å². The van der Waals surface area contributed by atoms with Crippen LogP contribution in [0.1, 0.15) is 22.3 Å². The van der Waals surface area contributed by atoms with E-state index in [-0.39, 0.29) is 5.57 Å². The van der Waals surface area contributed by atoms with Crippen LogP contribution in [0.2, 0.25) is 10.0 Å². The van der Waals surface area contributed by atoms with E-state index in [0.29, 0.717) is 33.7 Å². The minimum absolute atomic E-state index is 0.0987. The zero-order valence-electron chi connectivity index (χ0n) is 17.1. The lowest BCUT2D eigenvalue weighted by atomic mass is 10.1. The SMILES string of the molecule is Cc1cc(C)cc(COc2ccc(Cl)cc2/C=C(\C#N)C(=O)Nc2ccccc2Cl)c1. The number of rotatable bonds is 6. The number of hydrogen-bond donors (Lipinski definition) is 1. The van der Waals surface area contributed by atoms with Gasteiger partial charge in [0.2, 0.25) is 0 Å². The lowest BCUT2D eigenvalue weighted by Gasteiger charge is -2.12. The predicted molar refractivity (Wildman–Crippen MR) is 125 cm³/mol. The monoisotopic (exact) mass is 450 g/mol. The fraction of sp³-hybridized carbons (Fsp3) is 0.120. The zero-order valence-corrected chi connectivity index (χ0v) is 18.6. The van der Waals surface area contributed by atoms with E-state index >= 15 is 0 Å². The molecule has 1 N–H and O–H groups in total. The van der Waals surface area contributed by atoms with E-state index in [2.05, 4.69) is 23.5 Å². The minimum atomic E-state index is -0.573. The van der Waals surface area contributed by atoms with Crippen LogP contribution in [0.5, 0.6) is 5.75 Å². The fourth-order valence-corrected chi connectivity index (χ4v) is 3.50. The van der Waals surface area contributed by atoms with Gasteiger partial charge < -0.3 is 10.1 Å². The van der Waals surface area contributed by atoms with Crippen molar-refractivity contribution in [2.75, 3.05) is 5.32 Å². The molecule has 156 valence electrons. The maximum absolute atomic E-state index is 12.6. The van der Waals surface area contributed by atoms with Crippen LogP contribution < -0.4 is 10.1 Å². The summed E-state index contributed by atoms with van der Waals surface area (Å²) in [6.45, 7) is 4.41. The number of para-hydroxylation sites is 1. The summed E-state index contributed by atoms with van der Waals surface area (Å²) >= 11 is 12.2. The van der Waals surface area contributed by atoms with Gasteiger partial charge in [-0.1, -0.05) is 64.7 Å². The largest absolute Gasteiger partial charge is 0.488 e. The van der Waals surface area contributed by atoms with E-state index in [9.17, 15) is 10.1 Å². The summed E-state index contributed by atoms with van der Waals surface area (Å²) in [5.41, 5.74) is 4.18. The summed E-state index contributed by atoms with van der Waals surface area (Å²) in [6.07, 6.45) is 1.45. The second-order valence-electron chi connectivity index (χ2n) is 7.07.